The number of nitrogens with zero attached hydrogens (tertiary/aromatic N) is 1. The molecule has 0 aromatic heterocycles. The van der Waals surface area contributed by atoms with Gasteiger partial charge >= 0.3 is 0 Å². The van der Waals surface area contributed by atoms with Crippen LogP contribution in [-0.2, 0) is 9.59 Å². The number of ether oxygens (including phenoxy) is 1. The molecule has 0 unspecified atom stereocenters. The Bertz CT molecular complexity index is 536. The Balaban J connectivity index is 1.50. The molecule has 23 heavy (non-hydrogen) atoms. The van der Waals surface area contributed by atoms with Crippen molar-refractivity contribution in [2.45, 2.75) is 32.1 Å². The highest BCUT2D eigenvalue weighted by Gasteiger charge is 2.18. The van der Waals surface area contributed by atoms with E-state index in [1.54, 1.807) is 6.07 Å². The van der Waals surface area contributed by atoms with Crippen molar-refractivity contribution in [3.63, 3.8) is 0 Å². The number of amides is 2. The molecule has 1 aromatic rings. The lowest BCUT2D eigenvalue weighted by Crippen LogP contribution is -2.30. The molecule has 1 aliphatic rings. The maximum atomic E-state index is 11.7. The first kappa shape index (κ1) is 17.6. The van der Waals surface area contributed by atoms with Gasteiger partial charge in [-0.2, -0.15) is 0 Å². The second-order valence-corrected chi connectivity index (χ2v) is 5.98. The molecule has 5 nitrogen and oxygen atoms in total. The molecule has 1 aromatic carbocycles. The number of hydrogen-bond acceptors (Lipinski definition) is 3. The van der Waals surface area contributed by atoms with Gasteiger partial charge in [-0.05, 0) is 31.4 Å². The molecule has 0 spiro atoms. The second-order valence-electron chi connectivity index (χ2n) is 5.57. The summed E-state index contributed by atoms with van der Waals surface area (Å²) in [7, 11) is 0. The molecule has 0 saturated carbocycles. The minimum absolute atomic E-state index is 0.0144. The topological polar surface area (TPSA) is 58.6 Å². The van der Waals surface area contributed by atoms with E-state index in [1.807, 2.05) is 23.1 Å². The van der Waals surface area contributed by atoms with Gasteiger partial charge in [0.15, 0.2) is 0 Å². The van der Waals surface area contributed by atoms with E-state index >= 15 is 0 Å². The Labute approximate surface area is 141 Å². The molecular weight excluding hydrogens is 316 g/mol. The molecule has 0 bridgehead atoms. The summed E-state index contributed by atoms with van der Waals surface area (Å²) in [5.74, 6) is 0.887. The predicted octanol–water partition coefficient (Wildman–Crippen LogP) is 2.63. The highest BCUT2D eigenvalue weighted by Crippen LogP contribution is 2.23. The average Bonchev–Trinajstić information content (AvgIpc) is 2.95. The Hall–Kier alpha value is -1.75. The maximum absolute atomic E-state index is 11.7. The smallest absolute Gasteiger partial charge is 0.222 e. The highest BCUT2D eigenvalue weighted by molar-refractivity contribution is 6.32. The third-order valence-corrected chi connectivity index (χ3v) is 4.05. The summed E-state index contributed by atoms with van der Waals surface area (Å²) in [6.07, 6.45) is 3.48. The highest BCUT2D eigenvalue weighted by atomic mass is 35.5. The van der Waals surface area contributed by atoms with Crippen LogP contribution in [0.25, 0.3) is 0 Å². The number of rotatable bonds is 9. The van der Waals surface area contributed by atoms with Gasteiger partial charge in [-0.1, -0.05) is 23.7 Å². The van der Waals surface area contributed by atoms with Crippen LogP contribution in [0.1, 0.15) is 32.1 Å². The molecule has 1 heterocycles. The fourth-order valence-corrected chi connectivity index (χ4v) is 2.69. The van der Waals surface area contributed by atoms with E-state index < -0.39 is 0 Å². The Morgan fingerprint density at radius 2 is 2.13 bits per heavy atom. The zero-order valence-corrected chi connectivity index (χ0v) is 14.0. The summed E-state index contributed by atoms with van der Waals surface area (Å²) in [4.78, 5) is 25.0. The fraction of sp³-hybridized carbons (Fsp3) is 0.529. The number of carbonyl (C=O) groups excluding carboxylic acids is 2. The van der Waals surface area contributed by atoms with Crippen LogP contribution in [0.15, 0.2) is 24.3 Å². The van der Waals surface area contributed by atoms with Gasteiger partial charge in [0.1, 0.15) is 5.75 Å². The molecule has 1 fully saturated rings. The second kappa shape index (κ2) is 9.40. The van der Waals surface area contributed by atoms with Crippen molar-refractivity contribution >= 4 is 23.4 Å². The first-order valence-corrected chi connectivity index (χ1v) is 8.46. The normalized spacial score (nSPS) is 14.1. The van der Waals surface area contributed by atoms with E-state index in [-0.39, 0.29) is 11.8 Å². The first-order chi connectivity index (χ1) is 11.2. The molecule has 6 heteroatoms. The summed E-state index contributed by atoms with van der Waals surface area (Å²) < 4.78 is 5.54. The van der Waals surface area contributed by atoms with Crippen LogP contribution in [0.5, 0.6) is 5.75 Å². The minimum Gasteiger partial charge on any atom is -0.492 e. The van der Waals surface area contributed by atoms with Crippen LogP contribution in [0.3, 0.4) is 0 Å². The number of para-hydroxylation sites is 1. The molecule has 1 N–H and O–H groups in total. The van der Waals surface area contributed by atoms with E-state index in [2.05, 4.69) is 5.32 Å². The van der Waals surface area contributed by atoms with Crippen LogP contribution >= 0.6 is 11.6 Å². The van der Waals surface area contributed by atoms with Crippen molar-refractivity contribution in [2.24, 2.45) is 0 Å². The molecular formula is C17H23ClN2O3. The number of carbonyl (C=O) groups is 2. The van der Waals surface area contributed by atoms with Crippen molar-refractivity contribution in [1.29, 1.82) is 0 Å². The van der Waals surface area contributed by atoms with Gasteiger partial charge in [0.05, 0.1) is 11.6 Å². The number of benzene rings is 1. The van der Waals surface area contributed by atoms with E-state index in [0.717, 1.165) is 25.9 Å². The van der Waals surface area contributed by atoms with Gasteiger partial charge < -0.3 is 15.0 Å². The van der Waals surface area contributed by atoms with Gasteiger partial charge in [0, 0.05) is 32.5 Å². The zero-order valence-electron chi connectivity index (χ0n) is 13.2. The summed E-state index contributed by atoms with van der Waals surface area (Å²) in [6, 6.07) is 7.29. The zero-order chi connectivity index (χ0) is 16.5. The Morgan fingerprint density at radius 1 is 1.30 bits per heavy atom. The lowest BCUT2D eigenvalue weighted by Gasteiger charge is -2.15. The van der Waals surface area contributed by atoms with Crippen molar-refractivity contribution in [3.05, 3.63) is 29.3 Å². The number of nitrogens with one attached hydrogen (secondary N) is 1. The number of hydrogen-bond donors (Lipinski definition) is 1. The van der Waals surface area contributed by atoms with Gasteiger partial charge in [-0.25, -0.2) is 0 Å². The third-order valence-electron chi connectivity index (χ3n) is 3.74. The molecule has 0 radical (unpaired) electrons. The van der Waals surface area contributed by atoms with Gasteiger partial charge in [0.2, 0.25) is 11.8 Å². The van der Waals surface area contributed by atoms with E-state index in [0.29, 0.717) is 43.2 Å². The Kier molecular flexibility index (Phi) is 7.20. The third kappa shape index (κ3) is 6.10. The summed E-state index contributed by atoms with van der Waals surface area (Å²) in [5.41, 5.74) is 0. The largest absolute Gasteiger partial charge is 0.492 e. The van der Waals surface area contributed by atoms with Crippen LogP contribution < -0.4 is 10.1 Å². The minimum atomic E-state index is 0.0144. The molecule has 2 amide bonds. The quantitative estimate of drug-likeness (QED) is 0.704. The standard InChI is InChI=1S/C17H23ClN2O3/c18-14-6-1-2-7-15(14)23-13-4-8-16(21)19-10-5-12-20-11-3-9-17(20)22/h1-2,6-7H,3-5,8-13H2,(H,19,21). The molecule has 0 aliphatic carbocycles. The van der Waals surface area contributed by atoms with E-state index in [9.17, 15) is 9.59 Å². The van der Waals surface area contributed by atoms with Gasteiger partial charge in [-0.3, -0.25) is 9.59 Å². The number of likely N-dealkylation sites (tertiary alicyclic amines) is 1. The molecule has 0 atom stereocenters. The summed E-state index contributed by atoms with van der Waals surface area (Å²) >= 11 is 5.98. The van der Waals surface area contributed by atoms with Crippen LogP contribution in [0.2, 0.25) is 5.02 Å². The summed E-state index contributed by atoms with van der Waals surface area (Å²) in [5, 5.41) is 3.45. The predicted molar refractivity (Wildman–Crippen MR) is 89.6 cm³/mol. The SMILES string of the molecule is O=C(CCCOc1ccccc1Cl)NCCCN1CCCC1=O. The van der Waals surface area contributed by atoms with Crippen molar-refractivity contribution in [3.8, 4) is 5.75 Å². The monoisotopic (exact) mass is 338 g/mol. The Morgan fingerprint density at radius 3 is 2.87 bits per heavy atom. The average molecular weight is 339 g/mol. The van der Waals surface area contributed by atoms with Crippen LogP contribution in [0.4, 0.5) is 0 Å². The van der Waals surface area contributed by atoms with Gasteiger partial charge in [-0.15, -0.1) is 0 Å². The van der Waals surface area contributed by atoms with Crippen LogP contribution in [0, 0.1) is 0 Å². The molecule has 2 rings (SSSR count). The van der Waals surface area contributed by atoms with E-state index in [4.69, 9.17) is 16.3 Å². The first-order valence-electron chi connectivity index (χ1n) is 8.08. The summed E-state index contributed by atoms with van der Waals surface area (Å²) in [6.45, 7) is 2.65. The molecule has 1 saturated heterocycles. The van der Waals surface area contributed by atoms with Crippen molar-refractivity contribution in [1.82, 2.24) is 10.2 Å². The molecule has 1 aliphatic heterocycles. The lowest BCUT2D eigenvalue weighted by atomic mass is 10.3. The fourth-order valence-electron chi connectivity index (χ4n) is 2.50. The van der Waals surface area contributed by atoms with E-state index in [1.165, 1.54) is 0 Å². The van der Waals surface area contributed by atoms with Crippen LogP contribution in [-0.4, -0.2) is 43.0 Å². The van der Waals surface area contributed by atoms with Gasteiger partial charge in [0.25, 0.3) is 0 Å². The van der Waals surface area contributed by atoms with Crippen molar-refractivity contribution < 1.29 is 14.3 Å². The molecule has 126 valence electrons. The van der Waals surface area contributed by atoms with Crippen molar-refractivity contribution in [2.75, 3.05) is 26.2 Å². The number of halogens is 1. The lowest BCUT2D eigenvalue weighted by molar-refractivity contribution is -0.127. The maximum Gasteiger partial charge on any atom is 0.222 e.